The molecule has 1 N–H and O–H groups in total. The lowest BCUT2D eigenvalue weighted by Gasteiger charge is -2.03. The van der Waals surface area contributed by atoms with Crippen LogP contribution in [0.2, 0.25) is 0 Å². The van der Waals surface area contributed by atoms with Gasteiger partial charge in [0.1, 0.15) is 4.21 Å². The normalized spacial score (nSPS) is 12.1. The van der Waals surface area contributed by atoms with Crippen molar-refractivity contribution in [1.82, 2.24) is 14.3 Å². The minimum atomic E-state index is -3.45. The average molecular weight is 307 g/mol. The van der Waals surface area contributed by atoms with Crippen LogP contribution in [0.1, 0.15) is 10.4 Å². The van der Waals surface area contributed by atoms with Crippen LogP contribution in [-0.2, 0) is 16.6 Å². The molecule has 0 atom stereocenters. The van der Waals surface area contributed by atoms with Crippen molar-refractivity contribution in [2.24, 2.45) is 0 Å². The van der Waals surface area contributed by atoms with E-state index in [1.54, 1.807) is 22.8 Å². The van der Waals surface area contributed by atoms with Crippen LogP contribution in [0.5, 0.6) is 0 Å². The van der Waals surface area contributed by atoms with Gasteiger partial charge < -0.3 is 0 Å². The molecule has 0 unspecified atom stereocenters. The Balaban J connectivity index is 1.83. The zero-order valence-electron chi connectivity index (χ0n) is 10.8. The quantitative estimate of drug-likeness (QED) is 0.803. The lowest BCUT2D eigenvalue weighted by molar-refractivity contribution is 0.583. The minimum Gasteiger partial charge on any atom is -0.241 e. The minimum absolute atomic E-state index is 0.229. The van der Waals surface area contributed by atoms with E-state index in [4.69, 9.17) is 0 Å². The van der Waals surface area contributed by atoms with Gasteiger partial charge >= 0.3 is 0 Å². The average Bonchev–Trinajstić information content (AvgIpc) is 3.03. The van der Waals surface area contributed by atoms with Gasteiger partial charge in [-0.25, -0.2) is 17.7 Å². The van der Waals surface area contributed by atoms with E-state index in [1.165, 1.54) is 11.3 Å². The summed E-state index contributed by atoms with van der Waals surface area (Å²) in [5.74, 6) is 0. The summed E-state index contributed by atoms with van der Waals surface area (Å²) >= 11 is 1.26. The van der Waals surface area contributed by atoms with E-state index >= 15 is 0 Å². The molecule has 3 aromatic heterocycles. The number of sulfonamides is 1. The van der Waals surface area contributed by atoms with E-state index in [9.17, 15) is 8.42 Å². The van der Waals surface area contributed by atoms with Gasteiger partial charge in [0, 0.05) is 23.2 Å². The highest BCUT2D eigenvalue weighted by Crippen LogP contribution is 2.21. The maximum Gasteiger partial charge on any atom is 0.250 e. The molecule has 3 aromatic rings. The molecule has 3 rings (SSSR count). The van der Waals surface area contributed by atoms with Crippen LogP contribution in [0.3, 0.4) is 0 Å². The first-order valence-corrected chi connectivity index (χ1v) is 8.33. The fourth-order valence-corrected chi connectivity index (χ4v) is 4.26. The van der Waals surface area contributed by atoms with Crippen LogP contribution in [-0.4, -0.2) is 18.0 Å². The van der Waals surface area contributed by atoms with Crippen molar-refractivity contribution in [1.29, 1.82) is 0 Å². The number of rotatable bonds is 4. The molecule has 3 heterocycles. The molecule has 0 amide bonds. The Morgan fingerprint density at radius 3 is 2.90 bits per heavy atom. The van der Waals surface area contributed by atoms with E-state index in [2.05, 4.69) is 9.82 Å². The standard InChI is InChI=1S/C13H13N3O2S2/c1-10-5-6-13(19-10)20(17,18)15-9-11-8-14-16-7-3-2-4-12(11)16/h2-8,15H,9H2,1H3. The summed E-state index contributed by atoms with van der Waals surface area (Å²) < 4.78 is 29.0. The molecule has 0 fully saturated rings. The maximum atomic E-state index is 12.1. The number of fused-ring (bicyclic) bond motifs is 1. The first-order valence-electron chi connectivity index (χ1n) is 6.03. The summed E-state index contributed by atoms with van der Waals surface area (Å²) in [6.45, 7) is 2.11. The van der Waals surface area contributed by atoms with E-state index in [1.807, 2.05) is 31.3 Å². The summed E-state index contributed by atoms with van der Waals surface area (Å²) in [4.78, 5) is 0.973. The molecular weight excluding hydrogens is 294 g/mol. The molecule has 0 aliphatic carbocycles. The summed E-state index contributed by atoms with van der Waals surface area (Å²) in [5, 5.41) is 4.18. The van der Waals surface area contributed by atoms with Crippen molar-refractivity contribution < 1.29 is 8.42 Å². The highest BCUT2D eigenvalue weighted by molar-refractivity contribution is 7.91. The van der Waals surface area contributed by atoms with Crippen LogP contribution in [0, 0.1) is 6.92 Å². The third-order valence-corrected chi connectivity index (χ3v) is 5.83. The number of hydrogen-bond donors (Lipinski definition) is 1. The number of thiophene rings is 1. The Bertz CT molecular complexity index is 849. The first-order chi connectivity index (χ1) is 9.56. The Morgan fingerprint density at radius 2 is 2.15 bits per heavy atom. The molecule has 7 heteroatoms. The molecule has 0 spiro atoms. The van der Waals surface area contributed by atoms with Crippen molar-refractivity contribution in [3.8, 4) is 0 Å². The number of nitrogens with zero attached hydrogens (tertiary/aromatic N) is 2. The molecule has 0 bridgehead atoms. The maximum absolute atomic E-state index is 12.1. The number of nitrogens with one attached hydrogen (secondary N) is 1. The van der Waals surface area contributed by atoms with Gasteiger partial charge in [0.05, 0.1) is 11.7 Å². The zero-order chi connectivity index (χ0) is 14.2. The van der Waals surface area contributed by atoms with Gasteiger partial charge in [0.2, 0.25) is 10.0 Å². The zero-order valence-corrected chi connectivity index (χ0v) is 12.4. The molecule has 0 saturated carbocycles. The van der Waals surface area contributed by atoms with Crippen molar-refractivity contribution in [2.45, 2.75) is 17.7 Å². The number of aromatic nitrogens is 2. The Hall–Kier alpha value is -1.70. The number of pyridine rings is 1. The summed E-state index contributed by atoms with van der Waals surface area (Å²) in [7, 11) is -3.45. The monoisotopic (exact) mass is 307 g/mol. The summed E-state index contributed by atoms with van der Waals surface area (Å²) in [6, 6.07) is 9.11. The molecule has 20 heavy (non-hydrogen) atoms. The number of aryl methyl sites for hydroxylation is 1. The molecular formula is C13H13N3O2S2. The molecule has 104 valence electrons. The predicted octanol–water partition coefficient (Wildman–Crippen LogP) is 2.18. The predicted molar refractivity (Wildman–Crippen MR) is 78.3 cm³/mol. The van der Waals surface area contributed by atoms with E-state index in [0.29, 0.717) is 4.21 Å². The van der Waals surface area contributed by atoms with Crippen molar-refractivity contribution in [3.63, 3.8) is 0 Å². The Labute approximate surface area is 120 Å². The number of hydrogen-bond acceptors (Lipinski definition) is 4. The van der Waals surface area contributed by atoms with Gasteiger partial charge in [-0.3, -0.25) is 0 Å². The van der Waals surface area contributed by atoms with Gasteiger partial charge in [-0.1, -0.05) is 6.07 Å². The lowest BCUT2D eigenvalue weighted by Crippen LogP contribution is -2.22. The second-order valence-corrected chi connectivity index (χ2v) is 7.67. The summed E-state index contributed by atoms with van der Waals surface area (Å²) in [6.07, 6.45) is 3.51. The topological polar surface area (TPSA) is 63.5 Å². The van der Waals surface area contributed by atoms with Crippen molar-refractivity contribution >= 4 is 26.9 Å². The highest BCUT2D eigenvalue weighted by atomic mass is 32.2. The van der Waals surface area contributed by atoms with Gasteiger partial charge in [0.25, 0.3) is 0 Å². The van der Waals surface area contributed by atoms with Crippen LogP contribution in [0.4, 0.5) is 0 Å². The molecule has 0 aliphatic rings. The molecule has 0 radical (unpaired) electrons. The van der Waals surface area contributed by atoms with Gasteiger partial charge in [0.15, 0.2) is 0 Å². The molecule has 5 nitrogen and oxygen atoms in total. The summed E-state index contributed by atoms with van der Waals surface area (Å²) in [5.41, 5.74) is 1.75. The van der Waals surface area contributed by atoms with Gasteiger partial charge in [-0.2, -0.15) is 5.10 Å². The highest BCUT2D eigenvalue weighted by Gasteiger charge is 2.16. The Morgan fingerprint density at radius 1 is 1.30 bits per heavy atom. The smallest absolute Gasteiger partial charge is 0.241 e. The third kappa shape index (κ3) is 2.47. The van der Waals surface area contributed by atoms with E-state index < -0.39 is 10.0 Å². The van der Waals surface area contributed by atoms with Crippen LogP contribution in [0.15, 0.2) is 46.9 Å². The van der Waals surface area contributed by atoms with Crippen LogP contribution >= 0.6 is 11.3 Å². The Kier molecular flexibility index (Phi) is 3.33. The van der Waals surface area contributed by atoms with Crippen molar-refractivity contribution in [2.75, 3.05) is 0 Å². The van der Waals surface area contributed by atoms with Gasteiger partial charge in [-0.05, 0) is 31.2 Å². The molecule has 0 aliphatic heterocycles. The van der Waals surface area contributed by atoms with Crippen LogP contribution in [0.25, 0.3) is 5.52 Å². The largest absolute Gasteiger partial charge is 0.250 e. The lowest BCUT2D eigenvalue weighted by atomic mass is 10.3. The molecule has 0 saturated heterocycles. The van der Waals surface area contributed by atoms with E-state index in [-0.39, 0.29) is 6.54 Å². The first kappa shape index (κ1) is 13.3. The van der Waals surface area contributed by atoms with Gasteiger partial charge in [-0.15, -0.1) is 11.3 Å². The second kappa shape index (κ2) is 5.01. The molecule has 0 aromatic carbocycles. The van der Waals surface area contributed by atoms with Crippen LogP contribution < -0.4 is 4.72 Å². The fraction of sp³-hybridized carbons (Fsp3) is 0.154. The van der Waals surface area contributed by atoms with E-state index in [0.717, 1.165) is 16.0 Å². The third-order valence-electron chi connectivity index (χ3n) is 2.94. The SMILES string of the molecule is Cc1ccc(S(=O)(=O)NCc2cnn3ccccc23)s1. The fourth-order valence-electron chi connectivity index (χ4n) is 1.92. The van der Waals surface area contributed by atoms with Crippen molar-refractivity contribution in [3.05, 3.63) is 53.2 Å². The second-order valence-electron chi connectivity index (χ2n) is 4.39.